The molecule has 0 aliphatic heterocycles. The zero-order valence-electron chi connectivity index (χ0n) is 9.76. The van der Waals surface area contributed by atoms with Crippen LogP contribution >= 0.6 is 0 Å². The summed E-state index contributed by atoms with van der Waals surface area (Å²) in [5.41, 5.74) is 3.38. The van der Waals surface area contributed by atoms with Crippen molar-refractivity contribution in [3.05, 3.63) is 71.3 Å². The summed E-state index contributed by atoms with van der Waals surface area (Å²) in [5.74, 6) is 0. The van der Waals surface area contributed by atoms with Crippen molar-refractivity contribution >= 4 is 6.41 Å². The number of nitrogens with one attached hydrogen (secondary N) is 1. The van der Waals surface area contributed by atoms with Crippen molar-refractivity contribution in [3.8, 4) is 0 Å². The van der Waals surface area contributed by atoms with E-state index in [1.54, 1.807) is 0 Å². The lowest BCUT2D eigenvalue weighted by Gasteiger charge is -2.17. The molecule has 17 heavy (non-hydrogen) atoms. The molecule has 0 heterocycles. The summed E-state index contributed by atoms with van der Waals surface area (Å²) in [6.07, 6.45) is 0.750. The fourth-order valence-corrected chi connectivity index (χ4v) is 1.95. The highest BCUT2D eigenvalue weighted by Gasteiger charge is 2.12. The summed E-state index contributed by atoms with van der Waals surface area (Å²) in [4.78, 5) is 10.7. The maximum atomic E-state index is 10.7. The summed E-state index contributed by atoms with van der Waals surface area (Å²) >= 11 is 0. The Bertz CT molecular complexity index is 493. The van der Waals surface area contributed by atoms with Crippen molar-refractivity contribution in [2.24, 2.45) is 0 Å². The number of hydrogen-bond donors (Lipinski definition) is 1. The van der Waals surface area contributed by atoms with E-state index >= 15 is 0 Å². The van der Waals surface area contributed by atoms with Gasteiger partial charge >= 0.3 is 0 Å². The molecule has 0 saturated carbocycles. The van der Waals surface area contributed by atoms with Crippen LogP contribution < -0.4 is 5.32 Å². The average Bonchev–Trinajstić information content (AvgIpc) is 2.37. The number of carbonyl (C=O) groups excluding carboxylic acids is 1. The minimum Gasteiger partial charge on any atom is -0.348 e. The lowest BCUT2D eigenvalue weighted by atomic mass is 9.98. The Morgan fingerprint density at radius 2 is 1.71 bits per heavy atom. The second kappa shape index (κ2) is 5.30. The van der Waals surface area contributed by atoms with Gasteiger partial charge in [0.05, 0.1) is 6.04 Å². The van der Waals surface area contributed by atoms with Crippen LogP contribution in [0, 0.1) is 6.92 Å². The van der Waals surface area contributed by atoms with Crippen molar-refractivity contribution in [1.29, 1.82) is 0 Å². The lowest BCUT2D eigenvalue weighted by molar-refractivity contribution is -0.110. The number of amides is 1. The number of benzene rings is 2. The molecule has 1 N–H and O–H groups in total. The van der Waals surface area contributed by atoms with Crippen LogP contribution in [0.5, 0.6) is 0 Å². The molecule has 0 aromatic heterocycles. The normalized spacial score (nSPS) is 11.8. The highest BCUT2D eigenvalue weighted by molar-refractivity contribution is 5.50. The molecule has 1 amide bonds. The third-order valence-corrected chi connectivity index (χ3v) is 2.74. The molecular formula is C15H15NO. The third-order valence-electron chi connectivity index (χ3n) is 2.74. The molecule has 0 aliphatic carbocycles. The van der Waals surface area contributed by atoms with Crippen molar-refractivity contribution in [1.82, 2.24) is 5.32 Å². The molecule has 0 radical (unpaired) electrons. The van der Waals surface area contributed by atoms with Crippen LogP contribution in [0.1, 0.15) is 22.7 Å². The van der Waals surface area contributed by atoms with Gasteiger partial charge in [0.25, 0.3) is 0 Å². The van der Waals surface area contributed by atoms with Gasteiger partial charge < -0.3 is 5.32 Å². The van der Waals surface area contributed by atoms with E-state index in [0.717, 1.165) is 17.5 Å². The van der Waals surface area contributed by atoms with E-state index in [-0.39, 0.29) is 6.04 Å². The molecule has 2 nitrogen and oxygen atoms in total. The predicted octanol–water partition coefficient (Wildman–Crippen LogP) is 2.83. The molecule has 2 rings (SSSR count). The Morgan fingerprint density at radius 3 is 2.35 bits per heavy atom. The van der Waals surface area contributed by atoms with Crippen LogP contribution in [0.3, 0.4) is 0 Å². The van der Waals surface area contributed by atoms with Crippen LogP contribution in [-0.4, -0.2) is 6.41 Å². The minimum atomic E-state index is -0.0754. The highest BCUT2D eigenvalue weighted by atomic mass is 16.1. The SMILES string of the molecule is Cc1cccc([C@H](NC=O)c2ccccc2)c1. The summed E-state index contributed by atoms with van der Waals surface area (Å²) in [7, 11) is 0. The summed E-state index contributed by atoms with van der Waals surface area (Å²) in [6, 6.07) is 18.1. The number of aryl methyl sites for hydroxylation is 1. The van der Waals surface area contributed by atoms with E-state index in [0.29, 0.717) is 0 Å². The number of rotatable bonds is 4. The van der Waals surface area contributed by atoms with Crippen molar-refractivity contribution in [2.75, 3.05) is 0 Å². The van der Waals surface area contributed by atoms with Crippen molar-refractivity contribution in [3.63, 3.8) is 0 Å². The van der Waals surface area contributed by atoms with Gasteiger partial charge in [-0.3, -0.25) is 4.79 Å². The summed E-state index contributed by atoms with van der Waals surface area (Å²) < 4.78 is 0. The molecule has 86 valence electrons. The van der Waals surface area contributed by atoms with Crippen LogP contribution in [0.25, 0.3) is 0 Å². The number of hydrogen-bond acceptors (Lipinski definition) is 1. The van der Waals surface area contributed by atoms with Crippen LogP contribution in [-0.2, 0) is 4.79 Å². The van der Waals surface area contributed by atoms with Crippen LogP contribution in [0.2, 0.25) is 0 Å². The van der Waals surface area contributed by atoms with Gasteiger partial charge in [-0.05, 0) is 18.1 Å². The Hall–Kier alpha value is -2.09. The standard InChI is InChI=1S/C15H15NO/c1-12-6-5-9-14(10-12)15(16-11-17)13-7-3-2-4-8-13/h2-11,15H,1H3,(H,16,17)/t15-/m1/s1. The zero-order chi connectivity index (χ0) is 12.1. The molecule has 2 aromatic carbocycles. The van der Waals surface area contributed by atoms with E-state index in [4.69, 9.17) is 0 Å². The molecule has 0 aliphatic rings. The summed E-state index contributed by atoms with van der Waals surface area (Å²) in [5, 5.41) is 2.86. The molecular weight excluding hydrogens is 210 g/mol. The third kappa shape index (κ3) is 2.72. The topological polar surface area (TPSA) is 29.1 Å². The van der Waals surface area contributed by atoms with E-state index in [1.807, 2.05) is 55.5 Å². The summed E-state index contributed by atoms with van der Waals surface area (Å²) in [6.45, 7) is 2.05. The number of carbonyl (C=O) groups is 1. The van der Waals surface area contributed by atoms with E-state index in [2.05, 4.69) is 11.4 Å². The minimum absolute atomic E-state index is 0.0754. The van der Waals surface area contributed by atoms with Gasteiger partial charge in [-0.2, -0.15) is 0 Å². The van der Waals surface area contributed by atoms with Gasteiger partial charge in [-0.25, -0.2) is 0 Å². The molecule has 2 heteroatoms. The Kier molecular flexibility index (Phi) is 3.55. The molecule has 0 spiro atoms. The Balaban J connectivity index is 2.39. The van der Waals surface area contributed by atoms with Crippen LogP contribution in [0.4, 0.5) is 0 Å². The monoisotopic (exact) mass is 225 g/mol. The largest absolute Gasteiger partial charge is 0.348 e. The first kappa shape index (κ1) is 11.4. The average molecular weight is 225 g/mol. The molecule has 0 bridgehead atoms. The van der Waals surface area contributed by atoms with E-state index in [9.17, 15) is 4.79 Å². The highest BCUT2D eigenvalue weighted by Crippen LogP contribution is 2.21. The predicted molar refractivity (Wildman–Crippen MR) is 68.7 cm³/mol. The fourth-order valence-electron chi connectivity index (χ4n) is 1.95. The first-order chi connectivity index (χ1) is 8.31. The molecule has 0 saturated heterocycles. The van der Waals surface area contributed by atoms with Gasteiger partial charge in [0.2, 0.25) is 6.41 Å². The van der Waals surface area contributed by atoms with Gasteiger partial charge in [0, 0.05) is 0 Å². The van der Waals surface area contributed by atoms with Crippen LogP contribution in [0.15, 0.2) is 54.6 Å². The van der Waals surface area contributed by atoms with Crippen molar-refractivity contribution < 1.29 is 4.79 Å². The van der Waals surface area contributed by atoms with Gasteiger partial charge in [-0.1, -0.05) is 60.2 Å². The first-order valence-electron chi connectivity index (χ1n) is 5.62. The quantitative estimate of drug-likeness (QED) is 0.796. The molecule has 0 unspecified atom stereocenters. The maximum Gasteiger partial charge on any atom is 0.207 e. The van der Waals surface area contributed by atoms with Gasteiger partial charge in [0.1, 0.15) is 0 Å². The smallest absolute Gasteiger partial charge is 0.207 e. The first-order valence-corrected chi connectivity index (χ1v) is 5.62. The van der Waals surface area contributed by atoms with E-state index in [1.165, 1.54) is 5.56 Å². The molecule has 1 atom stereocenters. The Labute approximate surface area is 101 Å². The zero-order valence-corrected chi connectivity index (χ0v) is 9.76. The second-order valence-corrected chi connectivity index (χ2v) is 4.04. The maximum absolute atomic E-state index is 10.7. The van der Waals surface area contributed by atoms with Gasteiger partial charge in [-0.15, -0.1) is 0 Å². The Morgan fingerprint density at radius 1 is 1.00 bits per heavy atom. The van der Waals surface area contributed by atoms with E-state index < -0.39 is 0 Å². The fraction of sp³-hybridized carbons (Fsp3) is 0.133. The lowest BCUT2D eigenvalue weighted by Crippen LogP contribution is -2.20. The molecule has 2 aromatic rings. The molecule has 0 fully saturated rings. The van der Waals surface area contributed by atoms with Gasteiger partial charge in [0.15, 0.2) is 0 Å². The van der Waals surface area contributed by atoms with Crippen molar-refractivity contribution in [2.45, 2.75) is 13.0 Å². The second-order valence-electron chi connectivity index (χ2n) is 4.04.